The van der Waals surface area contributed by atoms with Crippen LogP contribution in [0.5, 0.6) is 11.5 Å². The predicted molar refractivity (Wildman–Crippen MR) is 103 cm³/mol. The molecule has 0 N–H and O–H groups in total. The molecule has 26 heavy (non-hydrogen) atoms. The molecule has 0 aromatic heterocycles. The highest BCUT2D eigenvalue weighted by Gasteiger charge is 2.10. The Morgan fingerprint density at radius 2 is 1.08 bits per heavy atom. The van der Waals surface area contributed by atoms with Gasteiger partial charge in [-0.25, -0.2) is 9.59 Å². The van der Waals surface area contributed by atoms with Crippen molar-refractivity contribution in [3.8, 4) is 11.5 Å². The number of esters is 2. The normalized spacial score (nSPS) is 10.4. The maximum atomic E-state index is 11.8. The summed E-state index contributed by atoms with van der Waals surface area (Å²) in [5.74, 6) is -0.121. The minimum atomic E-state index is -0.485. The first-order chi connectivity index (χ1) is 12.4. The SMILES string of the molecule is C=C(C)C(=O)Oc1ccccc1C=Cc1ccccc1OC(=O)C(=C)C. The van der Waals surface area contributed by atoms with Gasteiger partial charge in [-0.1, -0.05) is 61.7 Å². The lowest BCUT2D eigenvalue weighted by atomic mass is 10.1. The second-order valence-electron chi connectivity index (χ2n) is 5.75. The first kappa shape index (κ1) is 18.9. The van der Waals surface area contributed by atoms with Crippen LogP contribution in [0, 0.1) is 0 Å². The van der Waals surface area contributed by atoms with Gasteiger partial charge >= 0.3 is 11.9 Å². The van der Waals surface area contributed by atoms with Crippen LogP contribution in [0.1, 0.15) is 25.0 Å². The lowest BCUT2D eigenvalue weighted by Crippen LogP contribution is -2.09. The Balaban J connectivity index is 2.28. The number of carbonyl (C=O) groups excluding carboxylic acids is 2. The Morgan fingerprint density at radius 1 is 0.731 bits per heavy atom. The summed E-state index contributed by atoms with van der Waals surface area (Å²) in [6.45, 7) is 10.3. The number of hydrogen-bond acceptors (Lipinski definition) is 4. The van der Waals surface area contributed by atoms with E-state index in [0.717, 1.165) is 0 Å². The number of rotatable bonds is 6. The standard InChI is InChI=1S/C22H20O4/c1-15(2)21(23)25-19-11-7-5-9-17(19)13-14-18-10-6-8-12-20(18)26-22(24)16(3)4/h5-14H,1,3H2,2,4H3. The smallest absolute Gasteiger partial charge is 0.338 e. The van der Waals surface area contributed by atoms with Crippen LogP contribution in [0.15, 0.2) is 72.8 Å². The minimum Gasteiger partial charge on any atom is -0.423 e. The van der Waals surface area contributed by atoms with Crippen molar-refractivity contribution in [1.29, 1.82) is 0 Å². The van der Waals surface area contributed by atoms with Gasteiger partial charge in [-0.2, -0.15) is 0 Å². The summed E-state index contributed by atoms with van der Waals surface area (Å²) in [5, 5.41) is 0. The van der Waals surface area contributed by atoms with Crippen molar-refractivity contribution in [2.24, 2.45) is 0 Å². The van der Waals surface area contributed by atoms with Crippen LogP contribution in [0.2, 0.25) is 0 Å². The maximum absolute atomic E-state index is 11.8. The molecule has 0 aliphatic carbocycles. The zero-order valence-electron chi connectivity index (χ0n) is 14.8. The van der Waals surface area contributed by atoms with E-state index in [2.05, 4.69) is 13.2 Å². The van der Waals surface area contributed by atoms with Crippen LogP contribution in [0.25, 0.3) is 12.2 Å². The van der Waals surface area contributed by atoms with Crippen LogP contribution in [-0.4, -0.2) is 11.9 Å². The molecule has 4 heteroatoms. The van der Waals surface area contributed by atoms with Gasteiger partial charge in [-0.15, -0.1) is 0 Å². The Labute approximate surface area is 153 Å². The zero-order chi connectivity index (χ0) is 19.1. The van der Waals surface area contributed by atoms with Crippen molar-refractivity contribution in [2.75, 3.05) is 0 Å². The molecule has 0 radical (unpaired) electrons. The van der Waals surface area contributed by atoms with Crippen LogP contribution >= 0.6 is 0 Å². The van der Waals surface area contributed by atoms with E-state index in [4.69, 9.17) is 9.47 Å². The Bertz CT molecular complexity index is 817. The third-order valence-corrected chi connectivity index (χ3v) is 3.38. The molecule has 2 aromatic carbocycles. The van der Waals surface area contributed by atoms with Crippen molar-refractivity contribution in [1.82, 2.24) is 0 Å². The fraction of sp³-hybridized carbons (Fsp3) is 0.0909. The molecule has 2 aromatic rings. The van der Waals surface area contributed by atoms with Gasteiger partial charge in [0.1, 0.15) is 11.5 Å². The average Bonchev–Trinajstić information content (AvgIpc) is 2.61. The number of carbonyl (C=O) groups is 2. The molecule has 0 saturated carbocycles. The van der Waals surface area contributed by atoms with Crippen molar-refractivity contribution < 1.29 is 19.1 Å². The molecule has 0 atom stereocenters. The Hall–Kier alpha value is -3.40. The van der Waals surface area contributed by atoms with E-state index in [0.29, 0.717) is 33.8 Å². The molecular formula is C22H20O4. The highest BCUT2D eigenvalue weighted by Crippen LogP contribution is 2.25. The molecule has 132 valence electrons. The van der Waals surface area contributed by atoms with E-state index >= 15 is 0 Å². The second kappa shape index (κ2) is 8.62. The van der Waals surface area contributed by atoms with Crippen molar-refractivity contribution >= 4 is 24.1 Å². The highest BCUT2D eigenvalue weighted by molar-refractivity contribution is 5.90. The monoisotopic (exact) mass is 348 g/mol. The lowest BCUT2D eigenvalue weighted by molar-refractivity contribution is -0.131. The fourth-order valence-corrected chi connectivity index (χ4v) is 1.98. The number of benzene rings is 2. The van der Waals surface area contributed by atoms with Gasteiger partial charge in [-0.05, 0) is 26.0 Å². The van der Waals surface area contributed by atoms with Crippen LogP contribution in [0.3, 0.4) is 0 Å². The van der Waals surface area contributed by atoms with Crippen molar-refractivity contribution in [3.63, 3.8) is 0 Å². The summed E-state index contributed by atoms with van der Waals surface area (Å²) < 4.78 is 10.7. The predicted octanol–water partition coefficient (Wildman–Crippen LogP) is 4.82. The number of ether oxygens (including phenoxy) is 2. The summed E-state index contributed by atoms with van der Waals surface area (Å²) in [6.07, 6.45) is 3.57. The van der Waals surface area contributed by atoms with Crippen LogP contribution in [-0.2, 0) is 9.59 Å². The molecule has 0 bridgehead atoms. The van der Waals surface area contributed by atoms with Crippen molar-refractivity contribution in [2.45, 2.75) is 13.8 Å². The largest absolute Gasteiger partial charge is 0.423 e. The first-order valence-electron chi connectivity index (χ1n) is 8.00. The topological polar surface area (TPSA) is 52.6 Å². The molecule has 0 spiro atoms. The van der Waals surface area contributed by atoms with E-state index in [1.807, 2.05) is 24.3 Å². The molecule has 2 rings (SSSR count). The van der Waals surface area contributed by atoms with Gasteiger partial charge in [0.15, 0.2) is 0 Å². The van der Waals surface area contributed by atoms with Gasteiger partial charge in [-0.3, -0.25) is 0 Å². The summed E-state index contributed by atoms with van der Waals surface area (Å²) in [4.78, 5) is 23.5. The molecule has 0 unspecified atom stereocenters. The first-order valence-corrected chi connectivity index (χ1v) is 8.00. The molecule has 0 saturated heterocycles. The Kier molecular flexibility index (Phi) is 6.28. The molecule has 0 aliphatic rings. The van der Waals surface area contributed by atoms with Crippen molar-refractivity contribution in [3.05, 3.63) is 84.0 Å². The average molecular weight is 348 g/mol. The van der Waals surface area contributed by atoms with E-state index < -0.39 is 11.9 Å². The second-order valence-corrected chi connectivity index (χ2v) is 5.75. The Morgan fingerprint density at radius 3 is 1.42 bits per heavy atom. The third-order valence-electron chi connectivity index (χ3n) is 3.38. The lowest BCUT2D eigenvalue weighted by Gasteiger charge is -2.08. The molecule has 4 nitrogen and oxygen atoms in total. The zero-order valence-corrected chi connectivity index (χ0v) is 14.8. The molecule has 0 aliphatic heterocycles. The molecule has 0 fully saturated rings. The van der Waals surface area contributed by atoms with E-state index in [9.17, 15) is 9.59 Å². The molecule has 0 heterocycles. The van der Waals surface area contributed by atoms with Crippen LogP contribution < -0.4 is 9.47 Å². The summed E-state index contributed by atoms with van der Waals surface area (Å²) >= 11 is 0. The minimum absolute atomic E-state index is 0.320. The quantitative estimate of drug-likeness (QED) is 0.325. The maximum Gasteiger partial charge on any atom is 0.338 e. The van der Waals surface area contributed by atoms with E-state index in [1.165, 1.54) is 0 Å². The molecule has 0 amide bonds. The summed E-state index contributed by atoms with van der Waals surface area (Å²) in [5.41, 5.74) is 2.06. The van der Waals surface area contributed by atoms with Gasteiger partial charge in [0, 0.05) is 22.3 Å². The molecular weight excluding hydrogens is 328 g/mol. The number of para-hydroxylation sites is 2. The fourth-order valence-electron chi connectivity index (χ4n) is 1.98. The van der Waals surface area contributed by atoms with Gasteiger partial charge in [0.2, 0.25) is 0 Å². The van der Waals surface area contributed by atoms with E-state index in [1.54, 1.807) is 50.3 Å². The highest BCUT2D eigenvalue weighted by atomic mass is 16.5. The summed E-state index contributed by atoms with van der Waals surface area (Å²) in [7, 11) is 0. The summed E-state index contributed by atoms with van der Waals surface area (Å²) in [6, 6.07) is 14.3. The number of hydrogen-bond donors (Lipinski definition) is 0. The van der Waals surface area contributed by atoms with E-state index in [-0.39, 0.29) is 0 Å². The van der Waals surface area contributed by atoms with Gasteiger partial charge in [0.25, 0.3) is 0 Å². The third kappa shape index (κ3) is 5.05. The van der Waals surface area contributed by atoms with Gasteiger partial charge < -0.3 is 9.47 Å². The van der Waals surface area contributed by atoms with Crippen LogP contribution in [0.4, 0.5) is 0 Å². The van der Waals surface area contributed by atoms with Gasteiger partial charge in [0.05, 0.1) is 0 Å².